The van der Waals surface area contributed by atoms with Crippen molar-refractivity contribution in [1.29, 1.82) is 0 Å². The Balaban J connectivity index is 1.85. The molecule has 0 radical (unpaired) electrons. The number of nitro groups is 1. The number of nitro benzene ring substituents is 1. The standard InChI is InChI=1S/C20H26N4O4S/c1-22(2)15-17-8-4-3-7-16(17)14-21-19-10-9-18(13-20(19)24(25)26)29(27,28)23-11-5-6-12-23/h3-4,7-10,13,21H,5-6,11-12,14-15H2,1-2H3. The molecule has 3 rings (SSSR count). The van der Waals surface area contributed by atoms with Gasteiger partial charge >= 0.3 is 0 Å². The molecular weight excluding hydrogens is 392 g/mol. The summed E-state index contributed by atoms with van der Waals surface area (Å²) >= 11 is 0. The SMILES string of the molecule is CN(C)Cc1ccccc1CNc1ccc(S(=O)(=O)N2CCCC2)cc1[N+](=O)[O-]. The molecule has 1 fully saturated rings. The van der Waals surface area contributed by atoms with E-state index in [4.69, 9.17) is 0 Å². The zero-order valence-corrected chi connectivity index (χ0v) is 17.5. The number of nitrogens with zero attached hydrogens (tertiary/aromatic N) is 3. The molecule has 0 spiro atoms. The number of benzene rings is 2. The van der Waals surface area contributed by atoms with Crippen LogP contribution in [0.25, 0.3) is 0 Å². The van der Waals surface area contributed by atoms with Crippen LogP contribution in [0.2, 0.25) is 0 Å². The van der Waals surface area contributed by atoms with Crippen LogP contribution < -0.4 is 5.32 Å². The summed E-state index contributed by atoms with van der Waals surface area (Å²) in [7, 11) is 0.258. The monoisotopic (exact) mass is 418 g/mol. The number of rotatable bonds is 8. The molecule has 1 aliphatic rings. The first-order valence-corrected chi connectivity index (χ1v) is 11.0. The van der Waals surface area contributed by atoms with Gasteiger partial charge in [-0.1, -0.05) is 24.3 Å². The van der Waals surface area contributed by atoms with E-state index in [0.29, 0.717) is 25.3 Å². The van der Waals surface area contributed by atoms with Crippen LogP contribution in [0.1, 0.15) is 24.0 Å². The minimum Gasteiger partial charge on any atom is -0.375 e. The van der Waals surface area contributed by atoms with Crippen molar-refractivity contribution in [2.75, 3.05) is 32.5 Å². The third-order valence-electron chi connectivity index (χ3n) is 4.94. The maximum atomic E-state index is 12.7. The van der Waals surface area contributed by atoms with Gasteiger partial charge in [0.2, 0.25) is 10.0 Å². The summed E-state index contributed by atoms with van der Waals surface area (Å²) in [6, 6.07) is 12.0. The number of sulfonamides is 1. The molecule has 0 amide bonds. The molecule has 9 heteroatoms. The summed E-state index contributed by atoms with van der Waals surface area (Å²) in [6.07, 6.45) is 1.63. The Hall–Kier alpha value is -2.49. The minimum absolute atomic E-state index is 0.0374. The molecule has 156 valence electrons. The van der Waals surface area contributed by atoms with Gasteiger partial charge in [-0.05, 0) is 50.2 Å². The first-order chi connectivity index (χ1) is 13.8. The molecule has 0 atom stereocenters. The number of anilines is 1. The first-order valence-electron chi connectivity index (χ1n) is 9.53. The van der Waals surface area contributed by atoms with E-state index in [2.05, 4.69) is 10.2 Å². The van der Waals surface area contributed by atoms with Crippen molar-refractivity contribution in [2.45, 2.75) is 30.8 Å². The van der Waals surface area contributed by atoms with Crippen LogP contribution in [0.4, 0.5) is 11.4 Å². The predicted octanol–water partition coefficient (Wildman–Crippen LogP) is 3.05. The molecular formula is C20H26N4O4S. The molecule has 8 nitrogen and oxygen atoms in total. The Morgan fingerprint density at radius 2 is 1.76 bits per heavy atom. The van der Waals surface area contributed by atoms with Crippen LogP contribution in [0, 0.1) is 10.1 Å². The van der Waals surface area contributed by atoms with Gasteiger partial charge in [0.25, 0.3) is 5.69 Å². The second-order valence-electron chi connectivity index (χ2n) is 7.41. The van der Waals surface area contributed by atoms with Crippen LogP contribution in [-0.2, 0) is 23.1 Å². The number of nitrogens with one attached hydrogen (secondary N) is 1. The van der Waals surface area contributed by atoms with Gasteiger partial charge in [0, 0.05) is 32.2 Å². The molecule has 0 aliphatic carbocycles. The largest absolute Gasteiger partial charge is 0.375 e. The van der Waals surface area contributed by atoms with E-state index in [1.807, 2.05) is 38.4 Å². The van der Waals surface area contributed by atoms with Crippen molar-refractivity contribution < 1.29 is 13.3 Å². The quantitative estimate of drug-likeness (QED) is 0.523. The first kappa shape index (κ1) is 21.2. The van der Waals surface area contributed by atoms with Crippen LogP contribution in [0.5, 0.6) is 0 Å². The zero-order valence-electron chi connectivity index (χ0n) is 16.7. The van der Waals surface area contributed by atoms with Crippen molar-refractivity contribution in [3.05, 3.63) is 63.7 Å². The Morgan fingerprint density at radius 3 is 2.38 bits per heavy atom. The second kappa shape index (κ2) is 8.89. The Morgan fingerprint density at radius 1 is 1.10 bits per heavy atom. The molecule has 1 heterocycles. The summed E-state index contributed by atoms with van der Waals surface area (Å²) in [5.74, 6) is 0. The van der Waals surface area contributed by atoms with E-state index in [0.717, 1.165) is 36.6 Å². The molecule has 29 heavy (non-hydrogen) atoms. The van der Waals surface area contributed by atoms with Crippen molar-refractivity contribution in [1.82, 2.24) is 9.21 Å². The maximum absolute atomic E-state index is 12.7. The molecule has 0 saturated carbocycles. The number of hydrogen-bond donors (Lipinski definition) is 1. The summed E-state index contributed by atoms with van der Waals surface area (Å²) < 4.78 is 26.8. The highest BCUT2D eigenvalue weighted by Gasteiger charge is 2.29. The van der Waals surface area contributed by atoms with E-state index in [1.165, 1.54) is 16.4 Å². The summed E-state index contributed by atoms with van der Waals surface area (Å²) in [5, 5.41) is 14.7. The van der Waals surface area contributed by atoms with Crippen molar-refractivity contribution in [3.8, 4) is 0 Å². The van der Waals surface area contributed by atoms with Gasteiger partial charge in [-0.15, -0.1) is 0 Å². The highest BCUT2D eigenvalue weighted by atomic mass is 32.2. The molecule has 2 aromatic rings. The highest BCUT2D eigenvalue weighted by Crippen LogP contribution is 2.30. The van der Waals surface area contributed by atoms with Crippen molar-refractivity contribution in [3.63, 3.8) is 0 Å². The van der Waals surface area contributed by atoms with Crippen molar-refractivity contribution >= 4 is 21.4 Å². The average molecular weight is 419 g/mol. The summed E-state index contributed by atoms with van der Waals surface area (Å²) in [5.41, 5.74) is 2.22. The van der Waals surface area contributed by atoms with Gasteiger partial charge in [0.15, 0.2) is 0 Å². The van der Waals surface area contributed by atoms with Gasteiger partial charge in [0.05, 0.1) is 9.82 Å². The van der Waals surface area contributed by atoms with Gasteiger partial charge < -0.3 is 10.2 Å². The van der Waals surface area contributed by atoms with E-state index >= 15 is 0 Å². The fourth-order valence-corrected chi connectivity index (χ4v) is 5.00. The molecule has 0 unspecified atom stereocenters. The molecule has 2 aromatic carbocycles. The molecule has 1 N–H and O–H groups in total. The third kappa shape index (κ3) is 4.92. The molecule has 0 bridgehead atoms. The van der Waals surface area contributed by atoms with Gasteiger partial charge in [-0.2, -0.15) is 4.31 Å². The number of hydrogen-bond acceptors (Lipinski definition) is 6. The average Bonchev–Trinajstić information content (AvgIpc) is 3.22. The smallest absolute Gasteiger partial charge is 0.293 e. The third-order valence-corrected chi connectivity index (χ3v) is 6.84. The van der Waals surface area contributed by atoms with Gasteiger partial charge in [-0.3, -0.25) is 10.1 Å². The fraction of sp³-hybridized carbons (Fsp3) is 0.400. The lowest BCUT2D eigenvalue weighted by molar-refractivity contribution is -0.384. The lowest BCUT2D eigenvalue weighted by atomic mass is 10.1. The molecule has 1 aliphatic heterocycles. The van der Waals surface area contributed by atoms with E-state index in [9.17, 15) is 18.5 Å². The van der Waals surface area contributed by atoms with Gasteiger partial charge in [0.1, 0.15) is 5.69 Å². The summed E-state index contributed by atoms with van der Waals surface area (Å²) in [6.45, 7) is 2.08. The topological polar surface area (TPSA) is 95.8 Å². The Labute approximate surface area is 171 Å². The Bertz CT molecular complexity index is 986. The highest BCUT2D eigenvalue weighted by molar-refractivity contribution is 7.89. The Kier molecular flexibility index (Phi) is 6.51. The normalized spacial score (nSPS) is 15.0. The predicted molar refractivity (Wildman–Crippen MR) is 112 cm³/mol. The van der Waals surface area contributed by atoms with Crippen LogP contribution >= 0.6 is 0 Å². The van der Waals surface area contributed by atoms with Crippen molar-refractivity contribution in [2.24, 2.45) is 0 Å². The summed E-state index contributed by atoms with van der Waals surface area (Å²) in [4.78, 5) is 13.1. The second-order valence-corrected chi connectivity index (χ2v) is 9.35. The van der Waals surface area contributed by atoms with E-state index in [1.54, 1.807) is 0 Å². The lowest BCUT2D eigenvalue weighted by Gasteiger charge is -2.17. The van der Waals surface area contributed by atoms with Crippen LogP contribution in [0.15, 0.2) is 47.4 Å². The zero-order chi connectivity index (χ0) is 21.0. The van der Waals surface area contributed by atoms with E-state index in [-0.39, 0.29) is 10.6 Å². The maximum Gasteiger partial charge on any atom is 0.293 e. The van der Waals surface area contributed by atoms with Gasteiger partial charge in [-0.25, -0.2) is 8.42 Å². The van der Waals surface area contributed by atoms with Crippen LogP contribution in [-0.4, -0.2) is 49.7 Å². The van der Waals surface area contributed by atoms with E-state index < -0.39 is 14.9 Å². The minimum atomic E-state index is -3.70. The molecule has 0 aromatic heterocycles. The van der Waals surface area contributed by atoms with Crippen LogP contribution in [0.3, 0.4) is 0 Å². The molecule has 1 saturated heterocycles. The lowest BCUT2D eigenvalue weighted by Crippen LogP contribution is -2.27. The fourth-order valence-electron chi connectivity index (χ4n) is 3.47.